The van der Waals surface area contributed by atoms with Crippen LogP contribution in [0.15, 0.2) is 71.5 Å². The Morgan fingerprint density at radius 3 is 2.31 bits per heavy atom. The van der Waals surface area contributed by atoms with E-state index in [9.17, 15) is 14.4 Å². The maximum atomic E-state index is 12.9. The van der Waals surface area contributed by atoms with Crippen LogP contribution in [0.5, 0.6) is 0 Å². The fourth-order valence-electron chi connectivity index (χ4n) is 4.58. The Labute approximate surface area is 207 Å². The lowest BCUT2D eigenvalue weighted by atomic mass is 10.1. The molecule has 0 bridgehead atoms. The number of hydrogen-bond donors (Lipinski definition) is 1. The molecule has 2 aromatic heterocycles. The third kappa shape index (κ3) is 4.00. The van der Waals surface area contributed by atoms with E-state index in [0.717, 1.165) is 28.4 Å². The zero-order valence-electron chi connectivity index (χ0n) is 20.3. The number of para-hydroxylation sites is 1. The average Bonchev–Trinajstić information content (AvgIpc) is 3.20. The number of aryl methyl sites for hydroxylation is 1. The molecule has 0 aliphatic carbocycles. The van der Waals surface area contributed by atoms with Crippen LogP contribution in [-0.2, 0) is 16.1 Å². The number of aromatic nitrogens is 3. The predicted molar refractivity (Wildman–Crippen MR) is 140 cm³/mol. The van der Waals surface area contributed by atoms with Gasteiger partial charge in [-0.05, 0) is 51.1 Å². The van der Waals surface area contributed by atoms with Gasteiger partial charge in [-0.15, -0.1) is 0 Å². The number of benzene rings is 3. The average molecular weight is 483 g/mol. The molecule has 5 rings (SSSR count). The number of hydrogen-bond acceptors (Lipinski definition) is 5. The molecule has 5 aromatic rings. The monoisotopic (exact) mass is 482 g/mol. The lowest BCUT2D eigenvalue weighted by Crippen LogP contribution is -2.28. The summed E-state index contributed by atoms with van der Waals surface area (Å²) in [5.41, 5.74) is 2.55. The highest BCUT2D eigenvalue weighted by Crippen LogP contribution is 2.31. The second kappa shape index (κ2) is 9.30. The molecular formula is C28H26N4O4. The van der Waals surface area contributed by atoms with Crippen LogP contribution in [0.25, 0.3) is 32.6 Å². The molecule has 0 fully saturated rings. The Morgan fingerprint density at radius 2 is 1.58 bits per heavy atom. The molecule has 8 heteroatoms. The first-order valence-corrected chi connectivity index (χ1v) is 11.9. The summed E-state index contributed by atoms with van der Waals surface area (Å²) in [4.78, 5) is 38.2. The number of nitrogens with one attached hydrogen (secondary N) is 1. The van der Waals surface area contributed by atoms with Crippen molar-refractivity contribution < 1.29 is 14.3 Å². The van der Waals surface area contributed by atoms with Crippen LogP contribution in [0.1, 0.15) is 37.3 Å². The maximum absolute atomic E-state index is 12.9. The van der Waals surface area contributed by atoms with Crippen molar-refractivity contribution in [3.8, 4) is 0 Å². The number of esters is 1. The predicted octanol–water partition coefficient (Wildman–Crippen LogP) is 4.90. The van der Waals surface area contributed by atoms with Gasteiger partial charge in [0.15, 0.2) is 12.3 Å². The molecule has 182 valence electrons. The first-order valence-electron chi connectivity index (χ1n) is 11.9. The lowest BCUT2D eigenvalue weighted by molar-refractivity contribution is -0.119. The van der Waals surface area contributed by atoms with E-state index < -0.39 is 18.5 Å². The Morgan fingerprint density at radius 1 is 0.917 bits per heavy atom. The van der Waals surface area contributed by atoms with Gasteiger partial charge in [0, 0.05) is 39.4 Å². The van der Waals surface area contributed by atoms with Gasteiger partial charge in [-0.25, -0.2) is 9.48 Å². The summed E-state index contributed by atoms with van der Waals surface area (Å²) in [6, 6.07) is 20.4. The third-order valence-corrected chi connectivity index (χ3v) is 6.22. The van der Waals surface area contributed by atoms with Crippen molar-refractivity contribution in [3.05, 3.63) is 82.8 Å². The molecule has 0 atom stereocenters. The minimum Gasteiger partial charge on any atom is -0.451 e. The van der Waals surface area contributed by atoms with Gasteiger partial charge in [0.05, 0.1) is 11.4 Å². The SMILES string of the molecule is CCn1c2ccccc2c2cc(NC(=O)COC(=O)c3nn(C(C)C)c(=O)c4ccccc34)ccc21. The molecule has 0 radical (unpaired) electrons. The van der Waals surface area contributed by atoms with Crippen molar-refractivity contribution in [1.29, 1.82) is 0 Å². The van der Waals surface area contributed by atoms with Crippen molar-refractivity contribution in [2.24, 2.45) is 0 Å². The van der Waals surface area contributed by atoms with Gasteiger partial charge in [0.2, 0.25) is 0 Å². The molecule has 0 aliphatic rings. The molecule has 3 aromatic carbocycles. The van der Waals surface area contributed by atoms with Crippen LogP contribution >= 0.6 is 0 Å². The molecule has 0 unspecified atom stereocenters. The second-order valence-electron chi connectivity index (χ2n) is 8.86. The Kier molecular flexibility index (Phi) is 6.01. The fourth-order valence-corrected chi connectivity index (χ4v) is 4.58. The fraction of sp³-hybridized carbons (Fsp3) is 0.214. The molecule has 36 heavy (non-hydrogen) atoms. The topological polar surface area (TPSA) is 95.2 Å². The lowest BCUT2D eigenvalue weighted by Gasteiger charge is -2.13. The minimum atomic E-state index is -0.766. The molecule has 8 nitrogen and oxygen atoms in total. The number of carbonyl (C=O) groups excluding carboxylic acids is 2. The first-order chi connectivity index (χ1) is 17.4. The Bertz CT molecular complexity index is 1700. The highest BCUT2D eigenvalue weighted by atomic mass is 16.5. The van der Waals surface area contributed by atoms with E-state index in [0.29, 0.717) is 16.5 Å². The number of rotatable bonds is 6. The van der Waals surface area contributed by atoms with E-state index in [1.54, 1.807) is 38.1 Å². The summed E-state index contributed by atoms with van der Waals surface area (Å²) < 4.78 is 8.77. The van der Waals surface area contributed by atoms with Gasteiger partial charge in [-0.1, -0.05) is 36.4 Å². The zero-order chi connectivity index (χ0) is 25.4. The van der Waals surface area contributed by atoms with Crippen molar-refractivity contribution in [1.82, 2.24) is 14.3 Å². The maximum Gasteiger partial charge on any atom is 0.359 e. The zero-order valence-corrected chi connectivity index (χ0v) is 20.3. The first kappa shape index (κ1) is 23.3. The third-order valence-electron chi connectivity index (χ3n) is 6.22. The molecule has 1 amide bonds. The van der Waals surface area contributed by atoms with Crippen molar-refractivity contribution in [3.63, 3.8) is 0 Å². The summed E-state index contributed by atoms with van der Waals surface area (Å²) in [5.74, 6) is -1.24. The molecular weight excluding hydrogens is 456 g/mol. The van der Waals surface area contributed by atoms with Crippen LogP contribution in [0.3, 0.4) is 0 Å². The van der Waals surface area contributed by atoms with E-state index >= 15 is 0 Å². The van der Waals surface area contributed by atoms with Gasteiger partial charge < -0.3 is 14.6 Å². The summed E-state index contributed by atoms with van der Waals surface area (Å²) >= 11 is 0. The normalized spacial score (nSPS) is 11.4. The molecule has 0 saturated carbocycles. The highest BCUT2D eigenvalue weighted by Gasteiger charge is 2.20. The van der Waals surface area contributed by atoms with Crippen LogP contribution in [0.2, 0.25) is 0 Å². The number of amides is 1. The Hall–Kier alpha value is -4.46. The van der Waals surface area contributed by atoms with Crippen LogP contribution in [0, 0.1) is 0 Å². The summed E-state index contributed by atoms with van der Waals surface area (Å²) in [7, 11) is 0. The smallest absolute Gasteiger partial charge is 0.359 e. The molecule has 0 saturated heterocycles. The van der Waals surface area contributed by atoms with Crippen LogP contribution < -0.4 is 10.9 Å². The largest absolute Gasteiger partial charge is 0.451 e. The van der Waals surface area contributed by atoms with Crippen LogP contribution in [-0.4, -0.2) is 32.8 Å². The van der Waals surface area contributed by atoms with Gasteiger partial charge in [-0.2, -0.15) is 5.10 Å². The number of anilines is 1. The quantitative estimate of drug-likeness (QED) is 0.347. The second-order valence-corrected chi connectivity index (χ2v) is 8.86. The standard InChI is InChI=1S/C28H26N4O4/c1-4-31-23-12-8-7-9-19(23)22-15-18(13-14-24(22)31)29-25(33)16-36-28(35)26-20-10-5-6-11-21(20)27(34)32(30-26)17(2)3/h5-15,17H,4,16H2,1-3H3,(H,29,33). The van der Waals surface area contributed by atoms with E-state index in [4.69, 9.17) is 4.74 Å². The summed E-state index contributed by atoms with van der Waals surface area (Å²) in [6.45, 7) is 6.06. The molecule has 2 heterocycles. The molecule has 0 aliphatic heterocycles. The molecule has 1 N–H and O–H groups in total. The summed E-state index contributed by atoms with van der Waals surface area (Å²) in [6.07, 6.45) is 0. The van der Waals surface area contributed by atoms with E-state index in [1.165, 1.54) is 4.68 Å². The minimum absolute atomic E-state index is 0.000458. The van der Waals surface area contributed by atoms with E-state index in [2.05, 4.69) is 34.0 Å². The Balaban J connectivity index is 1.36. The summed E-state index contributed by atoms with van der Waals surface area (Å²) in [5, 5.41) is 9.94. The van der Waals surface area contributed by atoms with Gasteiger partial charge in [0.1, 0.15) is 0 Å². The number of fused-ring (bicyclic) bond motifs is 4. The van der Waals surface area contributed by atoms with Gasteiger partial charge >= 0.3 is 5.97 Å². The van der Waals surface area contributed by atoms with Gasteiger partial charge in [0.25, 0.3) is 11.5 Å². The van der Waals surface area contributed by atoms with Crippen molar-refractivity contribution in [2.75, 3.05) is 11.9 Å². The van der Waals surface area contributed by atoms with E-state index in [-0.39, 0.29) is 17.3 Å². The van der Waals surface area contributed by atoms with Crippen molar-refractivity contribution >= 4 is 50.1 Å². The highest BCUT2D eigenvalue weighted by molar-refractivity contribution is 6.10. The van der Waals surface area contributed by atoms with Crippen molar-refractivity contribution in [2.45, 2.75) is 33.4 Å². The van der Waals surface area contributed by atoms with Gasteiger partial charge in [-0.3, -0.25) is 9.59 Å². The number of nitrogens with zero attached hydrogens (tertiary/aromatic N) is 3. The van der Waals surface area contributed by atoms with Crippen LogP contribution in [0.4, 0.5) is 5.69 Å². The number of carbonyl (C=O) groups is 2. The molecule has 0 spiro atoms. The number of ether oxygens (including phenoxy) is 1. The van der Waals surface area contributed by atoms with E-state index in [1.807, 2.05) is 30.3 Å².